The van der Waals surface area contributed by atoms with Gasteiger partial charge in [0.25, 0.3) is 5.91 Å². The molecule has 0 unspecified atom stereocenters. The van der Waals surface area contributed by atoms with Crippen LogP contribution in [0.4, 0.5) is 0 Å². The molecule has 2 aromatic carbocycles. The van der Waals surface area contributed by atoms with E-state index in [2.05, 4.69) is 53.4 Å². The SMILES string of the molecule is CC1CCN(Cc2ccc3c(c2)C=C(C2=CC(NC(=O)c4cnn([C@@H](C)c5ccccc5)c4)=CCC2=O)C3)CC1. The summed E-state index contributed by atoms with van der Waals surface area (Å²) in [4.78, 5) is 28.5. The topological polar surface area (TPSA) is 67.2 Å². The van der Waals surface area contributed by atoms with Crippen LogP contribution in [0.5, 0.6) is 0 Å². The van der Waals surface area contributed by atoms with Gasteiger partial charge in [0.2, 0.25) is 0 Å². The predicted octanol–water partition coefficient (Wildman–Crippen LogP) is 5.88. The van der Waals surface area contributed by atoms with Crippen LogP contribution in [0.15, 0.2) is 89.9 Å². The molecular weight excluding hydrogens is 496 g/mol. The average Bonchev–Trinajstić information content (AvgIpc) is 3.63. The Balaban J connectivity index is 1.13. The van der Waals surface area contributed by atoms with E-state index in [1.54, 1.807) is 23.2 Å². The Hall–Kier alpha value is -4.03. The number of Topliss-reactive ketones (excluding diaryl/α,β-unsaturated/α-hetero) is 1. The Labute approximate surface area is 236 Å². The van der Waals surface area contributed by atoms with Crippen molar-refractivity contribution in [2.45, 2.75) is 52.1 Å². The standard InChI is InChI=1S/C34H36N4O2/c1-23-12-14-37(15-13-23)21-25-8-9-27-17-29(18-28(27)16-25)32-19-31(10-11-33(32)39)36-34(40)30-20-35-38(22-30)24(2)26-6-4-3-5-7-26/h3-10,16,18-20,22-24H,11-15,17,21H2,1-2H3,(H,36,40)/t24-/m0/s1. The van der Waals surface area contributed by atoms with Crippen LogP contribution in [-0.2, 0) is 17.8 Å². The van der Waals surface area contributed by atoms with Crippen LogP contribution in [0.2, 0.25) is 0 Å². The summed E-state index contributed by atoms with van der Waals surface area (Å²) in [5, 5.41) is 7.41. The zero-order valence-corrected chi connectivity index (χ0v) is 23.3. The highest BCUT2D eigenvalue weighted by Crippen LogP contribution is 2.33. The molecule has 1 fully saturated rings. The maximum atomic E-state index is 13.1. The molecule has 0 spiro atoms. The van der Waals surface area contributed by atoms with E-state index in [-0.39, 0.29) is 24.2 Å². The molecule has 1 aliphatic heterocycles. The number of carbonyl (C=O) groups excluding carboxylic acids is 2. The number of piperidine rings is 1. The lowest BCUT2D eigenvalue weighted by Gasteiger charge is -2.30. The molecule has 6 nitrogen and oxygen atoms in total. The minimum atomic E-state index is -0.233. The molecule has 6 rings (SSSR count). The van der Waals surface area contributed by atoms with Gasteiger partial charge in [-0.3, -0.25) is 19.2 Å². The quantitative estimate of drug-likeness (QED) is 0.413. The zero-order valence-electron chi connectivity index (χ0n) is 23.3. The second-order valence-electron chi connectivity index (χ2n) is 11.4. The van der Waals surface area contributed by atoms with Gasteiger partial charge in [-0.15, -0.1) is 0 Å². The van der Waals surface area contributed by atoms with Crippen molar-refractivity contribution in [1.82, 2.24) is 20.0 Å². The van der Waals surface area contributed by atoms with Crippen molar-refractivity contribution in [3.8, 4) is 0 Å². The van der Waals surface area contributed by atoms with Crippen LogP contribution in [0, 0.1) is 5.92 Å². The molecule has 1 N–H and O–H groups in total. The number of benzene rings is 2. The Morgan fingerprint density at radius 1 is 1.10 bits per heavy atom. The Bertz CT molecular complexity index is 1520. The van der Waals surface area contributed by atoms with Crippen molar-refractivity contribution in [1.29, 1.82) is 0 Å². The predicted molar refractivity (Wildman–Crippen MR) is 158 cm³/mol. The van der Waals surface area contributed by atoms with Gasteiger partial charge in [-0.2, -0.15) is 5.10 Å². The summed E-state index contributed by atoms with van der Waals surface area (Å²) in [6, 6.07) is 16.8. The molecule has 40 heavy (non-hydrogen) atoms. The highest BCUT2D eigenvalue weighted by atomic mass is 16.1. The number of fused-ring (bicyclic) bond motifs is 1. The Morgan fingerprint density at radius 2 is 1.90 bits per heavy atom. The molecule has 3 aromatic rings. The average molecular weight is 533 g/mol. The first kappa shape index (κ1) is 26.2. The summed E-state index contributed by atoms with van der Waals surface area (Å²) in [7, 11) is 0. The number of rotatable bonds is 7. The normalized spacial score (nSPS) is 18.6. The van der Waals surface area contributed by atoms with E-state index in [1.165, 1.54) is 29.5 Å². The Morgan fingerprint density at radius 3 is 2.70 bits per heavy atom. The Kier molecular flexibility index (Phi) is 7.35. The number of carbonyl (C=O) groups is 2. The number of likely N-dealkylation sites (tertiary alicyclic amines) is 1. The molecule has 1 atom stereocenters. The van der Waals surface area contributed by atoms with Gasteiger partial charge in [0.1, 0.15) is 0 Å². The van der Waals surface area contributed by atoms with Crippen molar-refractivity contribution in [2.24, 2.45) is 5.92 Å². The lowest BCUT2D eigenvalue weighted by atomic mass is 9.93. The first-order valence-electron chi connectivity index (χ1n) is 14.3. The zero-order chi connectivity index (χ0) is 27.6. The summed E-state index contributed by atoms with van der Waals surface area (Å²) in [6.45, 7) is 7.69. The summed E-state index contributed by atoms with van der Waals surface area (Å²) < 4.78 is 1.80. The lowest BCUT2D eigenvalue weighted by Crippen LogP contribution is -2.32. The van der Waals surface area contributed by atoms with Crippen molar-refractivity contribution < 1.29 is 9.59 Å². The van der Waals surface area contributed by atoms with E-state index >= 15 is 0 Å². The summed E-state index contributed by atoms with van der Waals surface area (Å²) >= 11 is 0. The van der Waals surface area contributed by atoms with Crippen molar-refractivity contribution in [3.63, 3.8) is 0 Å². The van der Waals surface area contributed by atoms with Gasteiger partial charge in [0, 0.05) is 30.4 Å². The third kappa shape index (κ3) is 5.63. The van der Waals surface area contributed by atoms with Crippen LogP contribution in [-0.4, -0.2) is 39.5 Å². The van der Waals surface area contributed by atoms with Crippen LogP contribution in [0.3, 0.4) is 0 Å². The first-order valence-corrected chi connectivity index (χ1v) is 14.3. The number of aromatic nitrogens is 2. The lowest BCUT2D eigenvalue weighted by molar-refractivity contribution is -0.114. The smallest absolute Gasteiger partial charge is 0.258 e. The number of amides is 1. The maximum Gasteiger partial charge on any atom is 0.258 e. The second-order valence-corrected chi connectivity index (χ2v) is 11.4. The van der Waals surface area contributed by atoms with Crippen LogP contribution in [0.1, 0.15) is 71.8 Å². The molecule has 0 radical (unpaired) electrons. The highest BCUT2D eigenvalue weighted by Gasteiger charge is 2.24. The molecule has 204 valence electrons. The van der Waals surface area contributed by atoms with Gasteiger partial charge in [-0.05, 0) is 79.1 Å². The third-order valence-corrected chi connectivity index (χ3v) is 8.46. The van der Waals surface area contributed by atoms with Gasteiger partial charge in [-0.25, -0.2) is 0 Å². The van der Waals surface area contributed by atoms with E-state index < -0.39 is 0 Å². The summed E-state index contributed by atoms with van der Waals surface area (Å²) in [5.74, 6) is 0.681. The van der Waals surface area contributed by atoms with Crippen LogP contribution >= 0.6 is 0 Å². The fourth-order valence-corrected chi connectivity index (χ4v) is 5.85. The second kappa shape index (κ2) is 11.2. The summed E-state index contributed by atoms with van der Waals surface area (Å²) in [6.07, 6.45) is 12.7. The molecule has 0 saturated carbocycles. The van der Waals surface area contributed by atoms with Gasteiger partial charge in [0.05, 0.1) is 17.8 Å². The van der Waals surface area contributed by atoms with E-state index in [4.69, 9.17) is 0 Å². The number of hydrogen-bond acceptors (Lipinski definition) is 4. The number of nitrogens with zero attached hydrogens (tertiary/aromatic N) is 3. The molecular formula is C34H36N4O2. The van der Waals surface area contributed by atoms with Gasteiger partial charge < -0.3 is 5.32 Å². The molecule has 1 aromatic heterocycles. The van der Waals surface area contributed by atoms with E-state index in [9.17, 15) is 9.59 Å². The molecule has 2 aliphatic carbocycles. The molecule has 3 aliphatic rings. The summed E-state index contributed by atoms with van der Waals surface area (Å²) in [5.41, 5.74) is 7.75. The van der Waals surface area contributed by atoms with Gasteiger partial charge in [-0.1, -0.05) is 67.6 Å². The minimum absolute atomic E-state index is 0.0146. The van der Waals surface area contributed by atoms with Gasteiger partial charge in [0.15, 0.2) is 5.78 Å². The third-order valence-electron chi connectivity index (χ3n) is 8.46. The molecule has 0 bridgehead atoms. The largest absolute Gasteiger partial charge is 0.322 e. The van der Waals surface area contributed by atoms with Crippen molar-refractivity contribution >= 4 is 17.8 Å². The van der Waals surface area contributed by atoms with Gasteiger partial charge >= 0.3 is 0 Å². The number of allylic oxidation sites excluding steroid dienone is 4. The monoisotopic (exact) mass is 532 g/mol. The fraction of sp³-hybridized carbons (Fsp3) is 0.324. The maximum absolute atomic E-state index is 13.1. The molecule has 2 heterocycles. The van der Waals surface area contributed by atoms with Crippen molar-refractivity contribution in [2.75, 3.05) is 13.1 Å². The number of hydrogen-bond donors (Lipinski definition) is 1. The first-order chi connectivity index (χ1) is 19.4. The van der Waals surface area contributed by atoms with E-state index in [1.807, 2.05) is 36.4 Å². The molecule has 1 saturated heterocycles. The highest BCUT2D eigenvalue weighted by molar-refractivity contribution is 6.04. The van der Waals surface area contributed by atoms with Crippen molar-refractivity contribution in [3.05, 3.63) is 118 Å². The fourth-order valence-electron chi connectivity index (χ4n) is 5.85. The number of nitrogens with one attached hydrogen (secondary N) is 1. The number of ketones is 1. The molecule has 1 amide bonds. The van der Waals surface area contributed by atoms with Crippen LogP contribution in [0.25, 0.3) is 6.08 Å². The van der Waals surface area contributed by atoms with E-state index in [0.29, 0.717) is 16.8 Å². The minimum Gasteiger partial charge on any atom is -0.322 e. The van der Waals surface area contributed by atoms with Crippen LogP contribution < -0.4 is 5.32 Å². The molecule has 6 heteroatoms. The van der Waals surface area contributed by atoms with E-state index in [0.717, 1.165) is 43.1 Å².